The van der Waals surface area contributed by atoms with Crippen molar-refractivity contribution in [2.24, 2.45) is 11.8 Å². The fraction of sp³-hybridized carbons (Fsp3) is 0.438. The Morgan fingerprint density at radius 1 is 1.04 bits per heavy atom. The number of methoxy groups -OCH3 is 1. The van der Waals surface area contributed by atoms with Crippen LogP contribution in [0.2, 0.25) is 0 Å². The second kappa shape index (κ2) is 5.54. The van der Waals surface area contributed by atoms with E-state index >= 15 is 0 Å². The van der Waals surface area contributed by atoms with Gasteiger partial charge >= 0.3 is 0 Å². The molecule has 1 N–H and O–H groups in total. The van der Waals surface area contributed by atoms with Crippen LogP contribution < -0.4 is 14.5 Å². The Hall–Kier alpha value is -2.97. The Morgan fingerprint density at radius 2 is 1.84 bits per heavy atom. The van der Waals surface area contributed by atoms with Gasteiger partial charge in [0, 0.05) is 50.3 Å². The molecule has 2 saturated heterocycles. The summed E-state index contributed by atoms with van der Waals surface area (Å²) >= 11 is 0. The molecule has 5 heterocycles. The fourth-order valence-electron chi connectivity index (χ4n) is 3.92. The first-order valence-electron chi connectivity index (χ1n) is 8.33. The smallest absolute Gasteiger partial charge is 0.228 e. The van der Waals surface area contributed by atoms with E-state index in [1.54, 1.807) is 32.0 Å². The van der Waals surface area contributed by atoms with Gasteiger partial charge in [-0.3, -0.25) is 0 Å². The van der Waals surface area contributed by atoms with Crippen molar-refractivity contribution in [3.8, 4) is 5.88 Å². The number of hydrogen-bond acceptors (Lipinski definition) is 8. The molecule has 2 atom stereocenters. The van der Waals surface area contributed by atoms with E-state index in [-0.39, 0.29) is 0 Å². The van der Waals surface area contributed by atoms with Crippen molar-refractivity contribution in [3.05, 3.63) is 24.9 Å². The van der Waals surface area contributed by atoms with Crippen molar-refractivity contribution in [1.82, 2.24) is 29.9 Å². The Kier molecular flexibility index (Phi) is 3.19. The first kappa shape index (κ1) is 14.4. The van der Waals surface area contributed by atoms with Gasteiger partial charge in [0.05, 0.1) is 13.4 Å². The predicted octanol–water partition coefficient (Wildman–Crippen LogP) is 0.724. The molecule has 128 valence electrons. The Labute approximate surface area is 144 Å². The topological polar surface area (TPSA) is 96.0 Å². The molecule has 9 heteroatoms. The summed E-state index contributed by atoms with van der Waals surface area (Å²) in [5.41, 5.74) is 1.63. The molecule has 0 spiro atoms. The van der Waals surface area contributed by atoms with Gasteiger partial charge in [0.15, 0.2) is 11.5 Å². The molecule has 0 radical (unpaired) electrons. The number of nitrogens with zero attached hydrogens (tertiary/aromatic N) is 7. The molecule has 9 nitrogen and oxygen atoms in total. The predicted molar refractivity (Wildman–Crippen MR) is 91.7 cm³/mol. The lowest BCUT2D eigenvalue weighted by atomic mass is 10.0. The number of anilines is 2. The average molecular weight is 338 g/mol. The second-order valence-electron chi connectivity index (χ2n) is 6.53. The molecule has 0 aromatic carbocycles. The van der Waals surface area contributed by atoms with E-state index in [1.165, 1.54) is 0 Å². The highest BCUT2D eigenvalue weighted by Gasteiger charge is 2.41. The van der Waals surface area contributed by atoms with Crippen molar-refractivity contribution in [2.75, 3.05) is 43.1 Å². The number of H-pyrrole nitrogens is 1. The van der Waals surface area contributed by atoms with Crippen LogP contribution in [0.1, 0.15) is 0 Å². The Morgan fingerprint density at radius 3 is 2.64 bits per heavy atom. The number of nitrogens with one attached hydrogen (secondary N) is 1. The lowest BCUT2D eigenvalue weighted by Crippen LogP contribution is -2.30. The quantitative estimate of drug-likeness (QED) is 0.746. The number of rotatable bonds is 3. The van der Waals surface area contributed by atoms with Gasteiger partial charge in [0.25, 0.3) is 0 Å². The fourth-order valence-corrected chi connectivity index (χ4v) is 3.92. The minimum Gasteiger partial charge on any atom is -0.481 e. The molecule has 0 saturated carbocycles. The molecule has 2 aliphatic heterocycles. The maximum Gasteiger partial charge on any atom is 0.228 e. The molecule has 0 aliphatic carbocycles. The van der Waals surface area contributed by atoms with Gasteiger partial charge in [-0.05, 0) is 0 Å². The maximum absolute atomic E-state index is 5.21. The van der Waals surface area contributed by atoms with E-state index in [0.29, 0.717) is 23.4 Å². The summed E-state index contributed by atoms with van der Waals surface area (Å²) in [5.74, 6) is 3.44. The van der Waals surface area contributed by atoms with Gasteiger partial charge in [-0.25, -0.2) is 19.9 Å². The summed E-state index contributed by atoms with van der Waals surface area (Å²) in [6.07, 6.45) is 5.00. The van der Waals surface area contributed by atoms with Crippen LogP contribution in [0.15, 0.2) is 24.9 Å². The summed E-state index contributed by atoms with van der Waals surface area (Å²) in [4.78, 5) is 29.5. The molecular weight excluding hydrogens is 320 g/mol. The number of hydrogen-bond donors (Lipinski definition) is 1. The highest BCUT2D eigenvalue weighted by atomic mass is 16.5. The number of imidazole rings is 1. The zero-order valence-electron chi connectivity index (χ0n) is 13.8. The van der Waals surface area contributed by atoms with Crippen LogP contribution in [-0.2, 0) is 0 Å². The lowest BCUT2D eigenvalue weighted by molar-refractivity contribution is 0.397. The van der Waals surface area contributed by atoms with Crippen LogP contribution in [0.25, 0.3) is 11.2 Å². The molecule has 0 amide bonds. The highest BCUT2D eigenvalue weighted by Crippen LogP contribution is 2.36. The summed E-state index contributed by atoms with van der Waals surface area (Å²) in [6.45, 7) is 3.84. The normalized spacial score (nSPS) is 22.6. The van der Waals surface area contributed by atoms with Crippen LogP contribution in [0, 0.1) is 11.8 Å². The van der Waals surface area contributed by atoms with E-state index in [2.05, 4.69) is 39.7 Å². The Bertz CT molecular complexity index is 898. The first-order chi connectivity index (χ1) is 12.3. The molecular formula is C16H18N8O. The summed E-state index contributed by atoms with van der Waals surface area (Å²) < 4.78 is 5.21. The molecule has 2 unspecified atom stereocenters. The Balaban J connectivity index is 1.34. The largest absolute Gasteiger partial charge is 0.481 e. The van der Waals surface area contributed by atoms with Gasteiger partial charge in [-0.1, -0.05) is 0 Å². The van der Waals surface area contributed by atoms with Gasteiger partial charge in [-0.2, -0.15) is 4.98 Å². The van der Waals surface area contributed by atoms with Crippen molar-refractivity contribution >= 4 is 22.9 Å². The molecule has 5 rings (SSSR count). The summed E-state index contributed by atoms with van der Waals surface area (Å²) in [7, 11) is 1.63. The van der Waals surface area contributed by atoms with Gasteiger partial charge in [-0.15, -0.1) is 0 Å². The van der Waals surface area contributed by atoms with Crippen LogP contribution in [-0.4, -0.2) is 63.2 Å². The standard InChI is InChI=1S/C16H18N8O/c1-25-12-2-3-17-16(22-12)24-6-10-4-23(5-11(10)7-24)15-13-14(19-8-18-13)20-9-21-15/h2-3,8-11H,4-7H2,1H3,(H,18,19,20,21). The molecule has 0 bridgehead atoms. The molecule has 3 aromatic heterocycles. The number of aromatic amines is 1. The molecule has 2 aliphatic rings. The molecule has 3 aromatic rings. The van der Waals surface area contributed by atoms with Crippen LogP contribution in [0.4, 0.5) is 11.8 Å². The van der Waals surface area contributed by atoms with Gasteiger partial charge < -0.3 is 19.5 Å². The summed E-state index contributed by atoms with van der Waals surface area (Å²) in [6, 6.07) is 1.77. The third-order valence-corrected chi connectivity index (χ3v) is 5.10. The minimum atomic E-state index is 0.572. The number of fused-ring (bicyclic) bond motifs is 2. The zero-order chi connectivity index (χ0) is 16.8. The van der Waals surface area contributed by atoms with Crippen LogP contribution >= 0.6 is 0 Å². The molecule has 2 fully saturated rings. The van der Waals surface area contributed by atoms with E-state index in [4.69, 9.17) is 4.74 Å². The zero-order valence-corrected chi connectivity index (χ0v) is 13.8. The number of aromatic nitrogens is 6. The third-order valence-electron chi connectivity index (χ3n) is 5.10. The lowest BCUT2D eigenvalue weighted by Gasteiger charge is -2.22. The van der Waals surface area contributed by atoms with Gasteiger partial charge in [0.1, 0.15) is 11.8 Å². The van der Waals surface area contributed by atoms with Crippen molar-refractivity contribution in [3.63, 3.8) is 0 Å². The van der Waals surface area contributed by atoms with E-state index in [1.807, 2.05) is 0 Å². The number of ether oxygens (including phenoxy) is 1. The minimum absolute atomic E-state index is 0.572. The summed E-state index contributed by atoms with van der Waals surface area (Å²) in [5, 5.41) is 0. The average Bonchev–Trinajstić information content (AvgIpc) is 3.35. The van der Waals surface area contributed by atoms with Crippen molar-refractivity contribution < 1.29 is 4.74 Å². The van der Waals surface area contributed by atoms with Crippen LogP contribution in [0.5, 0.6) is 5.88 Å². The molecule has 25 heavy (non-hydrogen) atoms. The van der Waals surface area contributed by atoms with E-state index in [0.717, 1.165) is 43.5 Å². The third kappa shape index (κ3) is 2.34. The highest BCUT2D eigenvalue weighted by molar-refractivity contribution is 5.82. The van der Waals surface area contributed by atoms with E-state index in [9.17, 15) is 0 Å². The SMILES string of the molecule is COc1ccnc(N2CC3CN(c4ncnc5nc[nH]c45)CC3C2)n1. The van der Waals surface area contributed by atoms with Crippen LogP contribution in [0.3, 0.4) is 0 Å². The first-order valence-corrected chi connectivity index (χ1v) is 8.33. The maximum atomic E-state index is 5.21. The van der Waals surface area contributed by atoms with Crippen molar-refractivity contribution in [2.45, 2.75) is 0 Å². The second-order valence-corrected chi connectivity index (χ2v) is 6.53. The van der Waals surface area contributed by atoms with Gasteiger partial charge in [0.2, 0.25) is 11.8 Å². The van der Waals surface area contributed by atoms with E-state index < -0.39 is 0 Å². The monoisotopic (exact) mass is 338 g/mol. The van der Waals surface area contributed by atoms with Crippen molar-refractivity contribution in [1.29, 1.82) is 0 Å².